The number of nitrogens with one attached hydrogen (secondary N) is 1. The zero-order chi connectivity index (χ0) is 25.2. The minimum Gasteiger partial charge on any atom is -0.478 e. The van der Waals surface area contributed by atoms with Crippen molar-refractivity contribution in [2.24, 2.45) is 0 Å². The molecule has 3 aromatic rings. The Balaban J connectivity index is 0.00000167. The third-order valence-corrected chi connectivity index (χ3v) is 5.85. The number of hydrogen-bond donors (Lipinski definition) is 2. The molecule has 0 amide bonds. The van der Waals surface area contributed by atoms with E-state index < -0.39 is 5.97 Å². The van der Waals surface area contributed by atoms with Crippen LogP contribution in [0, 0.1) is 0 Å². The van der Waals surface area contributed by atoms with Gasteiger partial charge in [-0.2, -0.15) is 0 Å². The Morgan fingerprint density at radius 2 is 1.74 bits per heavy atom. The van der Waals surface area contributed by atoms with E-state index >= 15 is 0 Å². The quantitative estimate of drug-likeness (QED) is 0.505. The standard InChI is InChI=1S/C26H28N4O3.C2H6/c1-19(17-20-5-3-2-4-6-20)18-29-14-11-22(12-15-29)28-24-25(31)30(16-13-27-24)23-9-7-21(8-10-23)26(32)33;1-2/h2-10,13,16-17,22H,11-12,14-15,18H2,1H3,(H,27,28)(H,32,33);1-2H3/b19-17+;. The molecule has 1 aliphatic rings. The summed E-state index contributed by atoms with van der Waals surface area (Å²) in [4.78, 5) is 30.7. The second kappa shape index (κ2) is 12.7. The summed E-state index contributed by atoms with van der Waals surface area (Å²) in [7, 11) is 0. The van der Waals surface area contributed by atoms with Crippen LogP contribution in [-0.2, 0) is 0 Å². The highest BCUT2D eigenvalue weighted by Crippen LogP contribution is 2.16. The maximum Gasteiger partial charge on any atom is 0.335 e. The highest BCUT2D eigenvalue weighted by atomic mass is 16.4. The summed E-state index contributed by atoms with van der Waals surface area (Å²) in [5, 5.41) is 12.4. The number of likely N-dealkylation sites (tertiary alicyclic amines) is 1. The van der Waals surface area contributed by atoms with E-state index in [0.29, 0.717) is 11.5 Å². The van der Waals surface area contributed by atoms with Gasteiger partial charge >= 0.3 is 5.97 Å². The Hall–Kier alpha value is -3.71. The van der Waals surface area contributed by atoms with Gasteiger partial charge in [0, 0.05) is 43.8 Å². The third-order valence-electron chi connectivity index (χ3n) is 5.85. The number of piperidine rings is 1. The van der Waals surface area contributed by atoms with Crippen molar-refractivity contribution in [2.45, 2.75) is 39.7 Å². The second-order valence-electron chi connectivity index (χ2n) is 8.40. The summed E-state index contributed by atoms with van der Waals surface area (Å²) in [6.07, 6.45) is 7.27. The molecule has 1 aromatic heterocycles. The molecule has 2 N–H and O–H groups in total. The molecule has 1 aliphatic heterocycles. The van der Waals surface area contributed by atoms with Crippen LogP contribution in [0.4, 0.5) is 5.82 Å². The smallest absolute Gasteiger partial charge is 0.335 e. The minimum atomic E-state index is -0.997. The van der Waals surface area contributed by atoms with E-state index in [1.54, 1.807) is 24.5 Å². The Kier molecular flexibility index (Phi) is 9.38. The van der Waals surface area contributed by atoms with Crippen LogP contribution in [0.3, 0.4) is 0 Å². The van der Waals surface area contributed by atoms with E-state index in [0.717, 1.165) is 32.5 Å². The first-order chi connectivity index (χ1) is 17.0. The Bertz CT molecular complexity index is 1180. The molecule has 0 aliphatic carbocycles. The first kappa shape index (κ1) is 25.9. The molecule has 0 saturated carbocycles. The van der Waals surface area contributed by atoms with Crippen molar-refractivity contribution in [3.8, 4) is 5.69 Å². The lowest BCUT2D eigenvalue weighted by molar-refractivity contribution is 0.0697. The van der Waals surface area contributed by atoms with E-state index in [4.69, 9.17) is 5.11 Å². The summed E-state index contributed by atoms with van der Waals surface area (Å²) >= 11 is 0. The van der Waals surface area contributed by atoms with Crippen LogP contribution >= 0.6 is 0 Å². The number of aromatic nitrogens is 2. The van der Waals surface area contributed by atoms with Crippen molar-refractivity contribution in [1.82, 2.24) is 14.5 Å². The van der Waals surface area contributed by atoms with Crippen LogP contribution < -0.4 is 10.9 Å². The number of anilines is 1. The first-order valence-corrected chi connectivity index (χ1v) is 12.1. The van der Waals surface area contributed by atoms with Gasteiger partial charge in [-0.15, -0.1) is 0 Å². The fourth-order valence-corrected chi connectivity index (χ4v) is 4.14. The van der Waals surface area contributed by atoms with Crippen molar-refractivity contribution < 1.29 is 9.90 Å². The van der Waals surface area contributed by atoms with Gasteiger partial charge in [-0.25, -0.2) is 9.78 Å². The van der Waals surface area contributed by atoms with Gasteiger partial charge in [-0.1, -0.05) is 55.8 Å². The molecule has 2 aromatic carbocycles. The number of nitrogens with zero attached hydrogens (tertiary/aromatic N) is 3. The van der Waals surface area contributed by atoms with E-state index in [2.05, 4.69) is 40.3 Å². The van der Waals surface area contributed by atoms with Gasteiger partial charge in [0.1, 0.15) is 0 Å². The lowest BCUT2D eigenvalue weighted by Crippen LogP contribution is -2.41. The number of hydrogen-bond acceptors (Lipinski definition) is 5. The van der Waals surface area contributed by atoms with Crippen LogP contribution in [0.2, 0.25) is 0 Å². The molecule has 1 saturated heterocycles. The number of carbonyl (C=O) groups is 1. The highest BCUT2D eigenvalue weighted by molar-refractivity contribution is 5.87. The average molecular weight is 475 g/mol. The molecule has 7 nitrogen and oxygen atoms in total. The van der Waals surface area contributed by atoms with Gasteiger partial charge in [-0.3, -0.25) is 14.3 Å². The van der Waals surface area contributed by atoms with Gasteiger partial charge in [0.05, 0.1) is 5.56 Å². The molecule has 7 heteroatoms. The van der Waals surface area contributed by atoms with Crippen LogP contribution in [0.15, 0.2) is 77.4 Å². The van der Waals surface area contributed by atoms with Crippen molar-refractivity contribution in [1.29, 1.82) is 0 Å². The van der Waals surface area contributed by atoms with Crippen molar-refractivity contribution in [3.63, 3.8) is 0 Å². The third kappa shape index (κ3) is 7.13. The Labute approximate surface area is 206 Å². The van der Waals surface area contributed by atoms with Gasteiger partial charge in [0.25, 0.3) is 5.56 Å². The Morgan fingerprint density at radius 1 is 1.09 bits per heavy atom. The number of carboxylic acids is 1. The van der Waals surface area contributed by atoms with Crippen molar-refractivity contribution in [3.05, 3.63) is 94.0 Å². The molecule has 0 atom stereocenters. The van der Waals surface area contributed by atoms with Crippen LogP contribution in [0.1, 0.15) is 49.5 Å². The summed E-state index contributed by atoms with van der Waals surface area (Å²) in [5.41, 5.74) is 3.08. The molecular formula is C28H34N4O3. The van der Waals surface area contributed by atoms with E-state index in [-0.39, 0.29) is 17.2 Å². The molecule has 184 valence electrons. The number of carboxylic acid groups (broad SMARTS) is 1. The van der Waals surface area contributed by atoms with Gasteiger partial charge < -0.3 is 10.4 Å². The second-order valence-corrected chi connectivity index (χ2v) is 8.40. The zero-order valence-electron chi connectivity index (χ0n) is 20.6. The van der Waals surface area contributed by atoms with Crippen LogP contribution in [-0.4, -0.2) is 51.2 Å². The minimum absolute atomic E-state index is 0.180. The molecule has 0 spiro atoms. The largest absolute Gasteiger partial charge is 0.478 e. The summed E-state index contributed by atoms with van der Waals surface area (Å²) in [5.74, 6) is -0.679. The molecule has 1 fully saturated rings. The lowest BCUT2D eigenvalue weighted by atomic mass is 10.0. The van der Waals surface area contributed by atoms with Gasteiger partial charge in [0.15, 0.2) is 5.82 Å². The molecule has 0 radical (unpaired) electrons. The summed E-state index contributed by atoms with van der Waals surface area (Å²) in [6.45, 7) is 9.01. The molecule has 0 unspecified atom stereocenters. The van der Waals surface area contributed by atoms with E-state index in [1.807, 2.05) is 32.0 Å². The van der Waals surface area contributed by atoms with Gasteiger partial charge in [0.2, 0.25) is 0 Å². The van der Waals surface area contributed by atoms with Crippen LogP contribution in [0.5, 0.6) is 0 Å². The lowest BCUT2D eigenvalue weighted by Gasteiger charge is -2.32. The van der Waals surface area contributed by atoms with Crippen LogP contribution in [0.25, 0.3) is 11.8 Å². The maximum absolute atomic E-state index is 12.9. The summed E-state index contributed by atoms with van der Waals surface area (Å²) < 4.78 is 1.48. The highest BCUT2D eigenvalue weighted by Gasteiger charge is 2.20. The normalized spacial score (nSPS) is 14.7. The Morgan fingerprint density at radius 3 is 2.37 bits per heavy atom. The van der Waals surface area contributed by atoms with E-state index in [9.17, 15) is 9.59 Å². The van der Waals surface area contributed by atoms with Crippen molar-refractivity contribution >= 4 is 17.9 Å². The fraction of sp³-hybridized carbons (Fsp3) is 0.321. The zero-order valence-corrected chi connectivity index (χ0v) is 20.6. The first-order valence-electron chi connectivity index (χ1n) is 12.1. The van der Waals surface area contributed by atoms with E-state index in [1.165, 1.54) is 27.8 Å². The monoisotopic (exact) mass is 474 g/mol. The average Bonchev–Trinajstić information content (AvgIpc) is 2.88. The molecule has 0 bridgehead atoms. The predicted molar refractivity (Wildman–Crippen MR) is 141 cm³/mol. The number of rotatable bonds is 7. The number of aromatic carboxylic acids is 1. The maximum atomic E-state index is 12.9. The van der Waals surface area contributed by atoms with Gasteiger partial charge in [-0.05, 0) is 49.6 Å². The molecule has 35 heavy (non-hydrogen) atoms. The molecule has 4 rings (SSSR count). The number of benzene rings is 2. The SMILES string of the molecule is C/C(=C\c1ccccc1)CN1CCC(Nc2nccn(-c3ccc(C(=O)O)cc3)c2=O)CC1.CC. The summed E-state index contributed by atoms with van der Waals surface area (Å²) in [6, 6.07) is 16.8. The fourth-order valence-electron chi connectivity index (χ4n) is 4.14. The topological polar surface area (TPSA) is 87.5 Å². The van der Waals surface area contributed by atoms with Crippen molar-refractivity contribution in [2.75, 3.05) is 25.0 Å². The molecular weight excluding hydrogens is 440 g/mol. The predicted octanol–water partition coefficient (Wildman–Crippen LogP) is 4.94. The molecule has 2 heterocycles.